The smallest absolute Gasteiger partial charge is 0.326 e. The second-order valence-corrected chi connectivity index (χ2v) is 9.85. The summed E-state index contributed by atoms with van der Waals surface area (Å²) >= 11 is 6.02. The highest BCUT2D eigenvalue weighted by atomic mass is 32.2. The predicted molar refractivity (Wildman–Crippen MR) is 119 cm³/mol. The van der Waals surface area contributed by atoms with E-state index in [0.717, 1.165) is 16.7 Å². The van der Waals surface area contributed by atoms with E-state index in [1.807, 2.05) is 0 Å². The van der Waals surface area contributed by atoms with Gasteiger partial charge in [-0.15, -0.1) is 0 Å². The molecule has 13 heteroatoms. The van der Waals surface area contributed by atoms with Crippen molar-refractivity contribution in [2.45, 2.75) is 23.8 Å². The topological polar surface area (TPSA) is 168 Å². The van der Waals surface area contributed by atoms with Crippen LogP contribution in [0, 0.1) is 0 Å². The van der Waals surface area contributed by atoms with E-state index < -0.39 is 40.3 Å². The van der Waals surface area contributed by atoms with Crippen LogP contribution in [0.4, 0.5) is 0 Å². The summed E-state index contributed by atoms with van der Waals surface area (Å²) in [5.41, 5.74) is 0.573. The zero-order chi connectivity index (χ0) is 23.6. The first-order valence-corrected chi connectivity index (χ1v) is 11.7. The molecule has 168 valence electrons. The van der Waals surface area contributed by atoms with Crippen LogP contribution in [0.1, 0.15) is 18.6 Å². The maximum atomic E-state index is 12.7. The number of furan rings is 1. The van der Waals surface area contributed by atoms with E-state index in [1.165, 1.54) is 30.3 Å². The third-order valence-electron chi connectivity index (χ3n) is 4.42. The van der Waals surface area contributed by atoms with Gasteiger partial charge in [0.15, 0.2) is 0 Å². The Kier molecular flexibility index (Phi) is 6.83. The van der Waals surface area contributed by atoms with Gasteiger partial charge in [0.05, 0.1) is 9.80 Å². The summed E-state index contributed by atoms with van der Waals surface area (Å²) < 4.78 is 28.4. The van der Waals surface area contributed by atoms with Gasteiger partial charge in [0.25, 0.3) is 5.91 Å². The van der Waals surface area contributed by atoms with Crippen LogP contribution in [0.2, 0.25) is 0 Å². The molecule has 1 aliphatic heterocycles. The Morgan fingerprint density at radius 3 is 2.41 bits per heavy atom. The number of amides is 1. The monoisotopic (exact) mass is 496 g/mol. The van der Waals surface area contributed by atoms with Crippen molar-refractivity contribution in [3.8, 4) is 11.3 Å². The van der Waals surface area contributed by atoms with Crippen molar-refractivity contribution in [3.63, 3.8) is 0 Å². The Morgan fingerprint density at radius 2 is 1.84 bits per heavy atom. The number of rotatable bonds is 8. The van der Waals surface area contributed by atoms with Crippen LogP contribution < -0.4 is 5.14 Å². The number of carbonyl (C=O) groups excluding carboxylic acids is 1. The second-order valence-electron chi connectivity index (χ2n) is 6.61. The number of thioether (sulfide) groups is 1. The first kappa shape index (κ1) is 23.7. The van der Waals surface area contributed by atoms with Gasteiger partial charge in [-0.2, -0.15) is 0 Å². The fourth-order valence-corrected chi connectivity index (χ4v) is 4.75. The zero-order valence-electron chi connectivity index (χ0n) is 16.1. The summed E-state index contributed by atoms with van der Waals surface area (Å²) in [6, 6.07) is 7.50. The molecule has 4 N–H and O–H groups in total. The molecule has 1 aliphatic rings. The van der Waals surface area contributed by atoms with Crippen molar-refractivity contribution in [2.24, 2.45) is 5.14 Å². The highest BCUT2D eigenvalue weighted by Crippen LogP contribution is 2.35. The molecule has 1 saturated heterocycles. The molecule has 1 amide bonds. The Morgan fingerprint density at radius 1 is 1.19 bits per heavy atom. The van der Waals surface area contributed by atoms with Gasteiger partial charge in [-0.1, -0.05) is 24.0 Å². The second kappa shape index (κ2) is 9.24. The normalized spacial score (nSPS) is 16.5. The SMILES string of the molecule is NS(=O)(=O)c1ccc(-c2ccc(/C=C3\SC(=S)N(C(CCC(=O)O)C(=O)O)C3=O)o2)cc1. The van der Waals surface area contributed by atoms with Crippen molar-refractivity contribution in [1.82, 2.24) is 4.90 Å². The standard InChI is InChI=1S/C19H16N2O8S3/c20-32(27,28)12-4-1-10(2-5-12)14-7-3-11(29-14)9-15-17(24)21(19(30)31-15)13(18(25)26)6-8-16(22)23/h1-5,7,9,13H,6,8H2,(H,22,23)(H,25,26)(H2,20,27,28)/b15-9-. The lowest BCUT2D eigenvalue weighted by Crippen LogP contribution is -2.44. The molecular formula is C19H16N2O8S3. The van der Waals surface area contributed by atoms with Crippen molar-refractivity contribution in [3.05, 3.63) is 47.1 Å². The highest BCUT2D eigenvalue weighted by Gasteiger charge is 2.40. The fraction of sp³-hybridized carbons (Fsp3) is 0.158. The van der Waals surface area contributed by atoms with Gasteiger partial charge in [-0.05, 0) is 42.8 Å². The number of carbonyl (C=O) groups is 3. The summed E-state index contributed by atoms with van der Waals surface area (Å²) in [5, 5.41) is 23.3. The first-order chi connectivity index (χ1) is 15.0. The van der Waals surface area contributed by atoms with Crippen LogP contribution in [0.3, 0.4) is 0 Å². The predicted octanol–water partition coefficient (Wildman–Crippen LogP) is 2.11. The van der Waals surface area contributed by atoms with Crippen molar-refractivity contribution < 1.29 is 37.4 Å². The molecule has 0 bridgehead atoms. The van der Waals surface area contributed by atoms with Crippen molar-refractivity contribution >= 4 is 62.2 Å². The molecule has 1 unspecified atom stereocenters. The molecule has 2 aromatic rings. The quantitative estimate of drug-likeness (QED) is 0.363. The number of benzene rings is 1. The lowest BCUT2D eigenvalue weighted by atomic mass is 10.1. The largest absolute Gasteiger partial charge is 0.481 e. The van der Waals surface area contributed by atoms with Crippen LogP contribution in [0.25, 0.3) is 17.4 Å². The molecular weight excluding hydrogens is 480 g/mol. The van der Waals surface area contributed by atoms with Crippen LogP contribution in [-0.2, 0) is 24.4 Å². The number of nitrogens with two attached hydrogens (primary N) is 1. The van der Waals surface area contributed by atoms with E-state index in [4.69, 9.17) is 26.9 Å². The van der Waals surface area contributed by atoms with Gasteiger partial charge in [0, 0.05) is 18.1 Å². The van der Waals surface area contributed by atoms with E-state index >= 15 is 0 Å². The summed E-state index contributed by atoms with van der Waals surface area (Å²) in [6.07, 6.45) is 0.681. The van der Waals surface area contributed by atoms with Crippen LogP contribution in [0.5, 0.6) is 0 Å². The molecule has 0 aliphatic carbocycles. The van der Waals surface area contributed by atoms with Gasteiger partial charge in [0.1, 0.15) is 21.9 Å². The molecule has 0 radical (unpaired) electrons. The molecule has 0 spiro atoms. The van der Waals surface area contributed by atoms with Crippen LogP contribution in [0.15, 0.2) is 50.6 Å². The Bertz CT molecular complexity index is 1230. The minimum atomic E-state index is -3.82. The number of aliphatic carboxylic acids is 2. The average molecular weight is 497 g/mol. The maximum absolute atomic E-state index is 12.7. The highest BCUT2D eigenvalue weighted by molar-refractivity contribution is 8.26. The molecule has 32 heavy (non-hydrogen) atoms. The third kappa shape index (κ3) is 5.24. The van der Waals surface area contributed by atoms with Gasteiger partial charge in [-0.25, -0.2) is 18.4 Å². The number of nitrogens with zero attached hydrogens (tertiary/aromatic N) is 1. The summed E-state index contributed by atoms with van der Waals surface area (Å²) in [4.78, 5) is 36.1. The third-order valence-corrected chi connectivity index (χ3v) is 6.68. The fourth-order valence-electron chi connectivity index (χ4n) is 2.90. The van der Waals surface area contributed by atoms with Crippen molar-refractivity contribution in [2.75, 3.05) is 0 Å². The molecule has 3 rings (SSSR count). The molecule has 0 saturated carbocycles. The maximum Gasteiger partial charge on any atom is 0.326 e. The van der Waals surface area contributed by atoms with Crippen LogP contribution in [-0.4, -0.2) is 51.7 Å². The molecule has 1 aromatic heterocycles. The molecule has 10 nitrogen and oxygen atoms in total. The lowest BCUT2D eigenvalue weighted by molar-refractivity contribution is -0.146. The van der Waals surface area contributed by atoms with Crippen molar-refractivity contribution in [1.29, 1.82) is 0 Å². The Hall–Kier alpha value is -3.00. The number of thiocarbonyl (C=S) groups is 1. The Labute approximate surface area is 191 Å². The molecule has 1 atom stereocenters. The average Bonchev–Trinajstić information content (AvgIpc) is 3.27. The minimum Gasteiger partial charge on any atom is -0.481 e. The number of hydrogen-bond donors (Lipinski definition) is 3. The first-order valence-electron chi connectivity index (χ1n) is 8.92. The van der Waals surface area contributed by atoms with E-state index in [9.17, 15) is 27.9 Å². The number of carboxylic acid groups (broad SMARTS) is 2. The minimum absolute atomic E-state index is 0.00408. The van der Waals surface area contributed by atoms with Gasteiger partial charge in [-0.3, -0.25) is 14.5 Å². The Balaban J connectivity index is 1.81. The van der Waals surface area contributed by atoms with E-state index in [-0.39, 0.29) is 26.3 Å². The van der Waals surface area contributed by atoms with Crippen LogP contribution >= 0.6 is 24.0 Å². The molecule has 1 aromatic carbocycles. The van der Waals surface area contributed by atoms with Gasteiger partial charge >= 0.3 is 11.9 Å². The lowest BCUT2D eigenvalue weighted by Gasteiger charge is -2.22. The number of carboxylic acids is 2. The molecule has 2 heterocycles. The zero-order valence-corrected chi connectivity index (χ0v) is 18.6. The van der Waals surface area contributed by atoms with E-state index in [0.29, 0.717) is 11.3 Å². The summed E-state index contributed by atoms with van der Waals surface area (Å²) in [7, 11) is -3.82. The molecule has 1 fully saturated rings. The van der Waals surface area contributed by atoms with E-state index in [2.05, 4.69) is 0 Å². The summed E-state index contributed by atoms with van der Waals surface area (Å²) in [5.74, 6) is -2.51. The number of primary sulfonamides is 1. The van der Waals surface area contributed by atoms with E-state index in [1.54, 1.807) is 12.1 Å². The summed E-state index contributed by atoms with van der Waals surface area (Å²) in [6.45, 7) is 0. The van der Waals surface area contributed by atoms with Gasteiger partial charge < -0.3 is 14.6 Å². The number of sulfonamides is 1. The van der Waals surface area contributed by atoms with Gasteiger partial charge in [0.2, 0.25) is 10.0 Å². The number of hydrogen-bond acceptors (Lipinski definition) is 8.